The van der Waals surface area contributed by atoms with Crippen molar-refractivity contribution in [3.8, 4) is 5.75 Å². The zero-order chi connectivity index (χ0) is 55.8. The molecular weight excluding hydrogens is 989 g/mol. The largest absolute Gasteiger partial charge is 0.494 e. The molecule has 7 nitrogen and oxygen atoms in total. The van der Waals surface area contributed by atoms with E-state index in [-0.39, 0.29) is 0 Å². The molecule has 7 heteroatoms. The minimum atomic E-state index is 0.349. The Hall–Kier alpha value is -8.42. The molecule has 0 N–H and O–H groups in total. The Morgan fingerprint density at radius 2 is 0.728 bits per heavy atom. The lowest BCUT2D eigenvalue weighted by Crippen LogP contribution is -2.14. The monoisotopic (exact) mass is 1060 g/mol. The number of hydrogen-bond donors (Lipinski definition) is 0. The first-order valence-electron chi connectivity index (χ1n) is 29.7. The molecule has 0 saturated heterocycles. The Kier molecular flexibility index (Phi) is 16.8. The van der Waals surface area contributed by atoms with Gasteiger partial charge in [-0.3, -0.25) is 0 Å². The molecule has 0 spiro atoms. The van der Waals surface area contributed by atoms with Crippen molar-refractivity contribution in [2.75, 3.05) is 19.7 Å². The van der Waals surface area contributed by atoms with Gasteiger partial charge in [-0.15, -0.1) is 0 Å². The molecule has 408 valence electrons. The Labute approximate surface area is 481 Å². The maximum Gasteiger partial charge on any atom is 0.119 e. The van der Waals surface area contributed by atoms with E-state index in [1.54, 1.807) is 0 Å². The SMILES string of the molecule is CCCN1C=CC(=C2C=CN(CCCCCCCCOc3ccc(C4=C5C=CC(=N5)C(c5cccc(C(C)C)c5)=C5C=CC(=N5)C(c5cccc(C(C)C)c5)=C5C=CC(=N5)C(c5cccc(C(C)C)c5)=C5C=CC4=N5)cc3)C=C2)C=C1. The third kappa shape index (κ3) is 12.5. The fourth-order valence-corrected chi connectivity index (χ4v) is 11.3. The highest BCUT2D eigenvalue weighted by atomic mass is 16.5. The zero-order valence-electron chi connectivity index (χ0n) is 48.4. The molecule has 7 aliphatic rings. The number of nitrogens with zero attached hydrogens (tertiary/aromatic N) is 6. The number of rotatable bonds is 19. The fraction of sp³-hybridized carbons (Fsp3) is 0.270. The van der Waals surface area contributed by atoms with E-state index >= 15 is 0 Å². The van der Waals surface area contributed by atoms with E-state index in [1.807, 2.05) is 0 Å². The Morgan fingerprint density at radius 3 is 1.11 bits per heavy atom. The molecule has 0 fully saturated rings. The highest BCUT2D eigenvalue weighted by Crippen LogP contribution is 2.40. The van der Waals surface area contributed by atoms with Crippen LogP contribution in [-0.2, 0) is 0 Å². The molecule has 0 atom stereocenters. The van der Waals surface area contributed by atoms with E-state index in [0.29, 0.717) is 24.4 Å². The second-order valence-corrected chi connectivity index (χ2v) is 22.8. The third-order valence-corrected chi connectivity index (χ3v) is 16.0. The molecule has 0 saturated carbocycles. The average Bonchev–Trinajstić information content (AvgIpc) is 4.40. The third-order valence-electron chi connectivity index (χ3n) is 16.0. The highest BCUT2D eigenvalue weighted by molar-refractivity contribution is 6.39. The first-order valence-corrected chi connectivity index (χ1v) is 29.7. The number of benzene rings is 4. The second-order valence-electron chi connectivity index (χ2n) is 22.8. The maximum absolute atomic E-state index is 6.40. The van der Waals surface area contributed by atoms with Gasteiger partial charge in [0, 0.05) is 60.2 Å². The quantitative estimate of drug-likeness (QED) is 0.0879. The molecule has 7 aliphatic heterocycles. The molecule has 4 aromatic rings. The van der Waals surface area contributed by atoms with Crippen molar-refractivity contribution in [2.24, 2.45) is 20.0 Å². The fourth-order valence-electron chi connectivity index (χ4n) is 11.3. The number of ether oxygens (including phenoxy) is 1. The summed E-state index contributed by atoms with van der Waals surface area (Å²) in [5, 5.41) is 0. The van der Waals surface area contributed by atoms with Crippen LogP contribution in [0.2, 0.25) is 0 Å². The van der Waals surface area contributed by atoms with Gasteiger partial charge in [0.05, 0.1) is 52.2 Å². The molecule has 0 aromatic heterocycles. The summed E-state index contributed by atoms with van der Waals surface area (Å²) in [5.41, 5.74) is 21.3. The predicted molar refractivity (Wildman–Crippen MR) is 343 cm³/mol. The zero-order valence-corrected chi connectivity index (χ0v) is 48.4. The molecule has 7 heterocycles. The molecule has 0 unspecified atom stereocenters. The number of allylic oxidation sites excluding steroid dienone is 18. The molecule has 0 radical (unpaired) electrons. The summed E-state index contributed by atoms with van der Waals surface area (Å²) < 4.78 is 6.40. The summed E-state index contributed by atoms with van der Waals surface area (Å²) in [6.07, 6.45) is 43.1. The van der Waals surface area contributed by atoms with Crippen molar-refractivity contribution < 1.29 is 4.74 Å². The van der Waals surface area contributed by atoms with Crippen molar-refractivity contribution in [3.63, 3.8) is 0 Å². The lowest BCUT2D eigenvalue weighted by molar-refractivity contribution is 0.304. The summed E-state index contributed by atoms with van der Waals surface area (Å²) in [6.45, 7) is 18.5. The van der Waals surface area contributed by atoms with Crippen LogP contribution in [0.5, 0.6) is 5.75 Å². The summed E-state index contributed by atoms with van der Waals surface area (Å²) in [6, 6.07) is 35.1. The van der Waals surface area contributed by atoms with Crippen molar-refractivity contribution in [3.05, 3.63) is 268 Å². The standard InChI is InChI=1S/C74H76N6O/c1-8-40-79-42-36-53(37-43-79)54-38-44-80(45-39-54)41-13-11-9-10-12-14-46-81-62-26-24-55(25-27-62)71-63-28-30-65(75-63)72(59-21-15-18-56(47-59)50(2)3)67-32-34-69(77-67)74(61-23-17-20-58(49-61)52(6)7)70-35-33-68(78-70)73(66-31-29-64(71)76-66)60-22-16-19-57(48-60)51(4)5/h15-39,42-45,47-52H,8-14,40-41,46H2,1-7H3. The van der Waals surface area contributed by atoms with Crippen LogP contribution < -0.4 is 4.74 Å². The van der Waals surface area contributed by atoms with Crippen LogP contribution in [-0.4, -0.2) is 52.3 Å². The molecule has 0 amide bonds. The first-order chi connectivity index (χ1) is 39.6. The van der Waals surface area contributed by atoms with E-state index in [2.05, 4.69) is 253 Å². The lowest BCUT2D eigenvalue weighted by Gasteiger charge is -2.21. The summed E-state index contributed by atoms with van der Waals surface area (Å²) in [7, 11) is 0. The second kappa shape index (κ2) is 24.9. The Bertz CT molecular complexity index is 3570. The molecule has 0 aliphatic carbocycles. The van der Waals surface area contributed by atoms with E-state index in [9.17, 15) is 0 Å². The van der Waals surface area contributed by atoms with Crippen LogP contribution in [0.15, 0.2) is 249 Å². The average molecular weight is 1070 g/mol. The van der Waals surface area contributed by atoms with Crippen molar-refractivity contribution >= 4 is 45.1 Å². The van der Waals surface area contributed by atoms with Gasteiger partial charge in [-0.05, 0) is 172 Å². The van der Waals surface area contributed by atoms with E-state index < -0.39 is 0 Å². The van der Waals surface area contributed by atoms with Crippen molar-refractivity contribution in [2.45, 2.75) is 111 Å². The number of hydrogen-bond acceptors (Lipinski definition) is 7. The minimum absolute atomic E-state index is 0.349. The van der Waals surface area contributed by atoms with Gasteiger partial charge >= 0.3 is 0 Å². The summed E-state index contributed by atoms with van der Waals surface area (Å²) in [5.74, 6) is 1.92. The normalized spacial score (nSPS) is 17.3. The van der Waals surface area contributed by atoms with Gasteiger partial charge in [0.15, 0.2) is 0 Å². The van der Waals surface area contributed by atoms with Crippen LogP contribution in [0.1, 0.15) is 150 Å². The predicted octanol–water partition coefficient (Wildman–Crippen LogP) is 18.2. The smallest absolute Gasteiger partial charge is 0.119 e. The van der Waals surface area contributed by atoms with Gasteiger partial charge in [0.25, 0.3) is 0 Å². The van der Waals surface area contributed by atoms with Crippen molar-refractivity contribution in [1.82, 2.24) is 9.80 Å². The van der Waals surface area contributed by atoms with Gasteiger partial charge < -0.3 is 14.5 Å². The minimum Gasteiger partial charge on any atom is -0.494 e. The molecule has 11 rings (SSSR count). The Balaban J connectivity index is 0.865. The lowest BCUT2D eigenvalue weighted by atomic mass is 9.94. The van der Waals surface area contributed by atoms with Crippen molar-refractivity contribution in [1.29, 1.82) is 0 Å². The maximum atomic E-state index is 6.40. The van der Waals surface area contributed by atoms with Gasteiger partial charge in [-0.2, -0.15) is 0 Å². The topological polar surface area (TPSA) is 65.2 Å². The number of fused-ring (bicyclic) bond motifs is 4. The van der Waals surface area contributed by atoms with E-state index in [1.165, 1.54) is 53.5 Å². The summed E-state index contributed by atoms with van der Waals surface area (Å²) in [4.78, 5) is 26.8. The summed E-state index contributed by atoms with van der Waals surface area (Å²) >= 11 is 0. The van der Waals surface area contributed by atoms with Crippen LogP contribution >= 0.6 is 0 Å². The van der Waals surface area contributed by atoms with Gasteiger partial charge in [0.2, 0.25) is 0 Å². The molecule has 4 aromatic carbocycles. The van der Waals surface area contributed by atoms with Crippen LogP contribution in [0.3, 0.4) is 0 Å². The van der Waals surface area contributed by atoms with Gasteiger partial charge in [0.1, 0.15) is 5.75 Å². The molecular formula is C74H76N6O. The highest BCUT2D eigenvalue weighted by Gasteiger charge is 2.28. The van der Waals surface area contributed by atoms with Crippen LogP contribution in [0.4, 0.5) is 0 Å². The Morgan fingerprint density at radius 1 is 0.370 bits per heavy atom. The van der Waals surface area contributed by atoms with E-state index in [0.717, 1.165) is 128 Å². The number of unbranched alkanes of at least 4 members (excludes halogenated alkanes) is 5. The van der Waals surface area contributed by atoms with Gasteiger partial charge in [-0.25, -0.2) is 20.0 Å². The van der Waals surface area contributed by atoms with Crippen LogP contribution in [0, 0.1) is 0 Å². The van der Waals surface area contributed by atoms with Crippen LogP contribution in [0.25, 0.3) is 22.3 Å². The molecule has 8 bridgehead atoms. The van der Waals surface area contributed by atoms with E-state index in [4.69, 9.17) is 24.7 Å². The first kappa shape index (κ1) is 54.5. The molecule has 81 heavy (non-hydrogen) atoms. The number of aliphatic imine (C=N–C) groups is 4. The van der Waals surface area contributed by atoms with Gasteiger partial charge in [-0.1, -0.05) is 159 Å².